The maximum absolute atomic E-state index is 13.2. The van der Waals surface area contributed by atoms with Crippen LogP contribution in [-0.4, -0.2) is 4.57 Å². The summed E-state index contributed by atoms with van der Waals surface area (Å²) in [4.78, 5) is 0. The van der Waals surface area contributed by atoms with Crippen molar-refractivity contribution in [2.75, 3.05) is 5.32 Å². The van der Waals surface area contributed by atoms with E-state index in [0.717, 1.165) is 17.8 Å². The van der Waals surface area contributed by atoms with Crippen molar-refractivity contribution in [1.29, 1.82) is 0 Å². The summed E-state index contributed by atoms with van der Waals surface area (Å²) < 4.78 is 15.4. The molecule has 3 heteroatoms. The highest BCUT2D eigenvalue weighted by Crippen LogP contribution is 2.14. The van der Waals surface area contributed by atoms with Crippen molar-refractivity contribution in [1.82, 2.24) is 4.57 Å². The van der Waals surface area contributed by atoms with Crippen molar-refractivity contribution in [2.24, 2.45) is 0 Å². The predicted octanol–water partition coefficient (Wildman–Crippen LogP) is 3.57. The molecule has 0 aliphatic heterocycles. The Morgan fingerprint density at radius 3 is 2.82 bits per heavy atom. The average Bonchev–Trinajstić information content (AvgIpc) is 2.72. The topological polar surface area (TPSA) is 17.0 Å². The second-order valence-corrected chi connectivity index (χ2v) is 4.16. The van der Waals surface area contributed by atoms with Crippen molar-refractivity contribution in [3.8, 4) is 0 Å². The molecule has 0 fully saturated rings. The summed E-state index contributed by atoms with van der Waals surface area (Å²) in [5.41, 5.74) is 2.96. The van der Waals surface area contributed by atoms with Gasteiger partial charge in [-0.05, 0) is 49.7 Å². The van der Waals surface area contributed by atoms with E-state index in [2.05, 4.69) is 22.9 Å². The molecule has 0 unspecified atom stereocenters. The van der Waals surface area contributed by atoms with Crippen LogP contribution >= 0.6 is 0 Å². The fraction of sp³-hybridized carbons (Fsp3) is 0.286. The van der Waals surface area contributed by atoms with E-state index in [1.807, 2.05) is 25.3 Å². The van der Waals surface area contributed by atoms with Crippen LogP contribution in [0.3, 0.4) is 0 Å². The summed E-state index contributed by atoms with van der Waals surface area (Å²) in [6.45, 7) is 5.66. The zero-order valence-electron chi connectivity index (χ0n) is 10.2. The lowest BCUT2D eigenvalue weighted by molar-refractivity contribution is 0.627. The van der Waals surface area contributed by atoms with Crippen LogP contribution in [0, 0.1) is 12.7 Å². The number of hydrogen-bond acceptors (Lipinski definition) is 1. The van der Waals surface area contributed by atoms with Crippen LogP contribution in [0.25, 0.3) is 0 Å². The number of aromatic nitrogens is 1. The first-order chi connectivity index (χ1) is 8.19. The molecule has 1 aromatic heterocycles. The second kappa shape index (κ2) is 5.04. The highest BCUT2D eigenvalue weighted by Gasteiger charge is 2.01. The van der Waals surface area contributed by atoms with E-state index in [4.69, 9.17) is 0 Å². The van der Waals surface area contributed by atoms with Crippen molar-refractivity contribution in [2.45, 2.75) is 26.9 Å². The molecule has 0 spiro atoms. The third kappa shape index (κ3) is 2.87. The SMILES string of the molecule is CCn1cccc1CNc1cc(C)cc(F)c1. The largest absolute Gasteiger partial charge is 0.379 e. The van der Waals surface area contributed by atoms with Gasteiger partial charge in [-0.15, -0.1) is 0 Å². The second-order valence-electron chi connectivity index (χ2n) is 4.16. The Morgan fingerprint density at radius 1 is 1.29 bits per heavy atom. The lowest BCUT2D eigenvalue weighted by Gasteiger charge is -2.10. The zero-order valence-corrected chi connectivity index (χ0v) is 10.2. The van der Waals surface area contributed by atoms with Gasteiger partial charge in [0.05, 0.1) is 6.54 Å². The Balaban J connectivity index is 2.07. The molecule has 0 aliphatic rings. The van der Waals surface area contributed by atoms with Gasteiger partial charge in [-0.2, -0.15) is 0 Å². The number of anilines is 1. The van der Waals surface area contributed by atoms with Crippen LogP contribution in [0.5, 0.6) is 0 Å². The van der Waals surface area contributed by atoms with Crippen molar-refractivity contribution < 1.29 is 4.39 Å². The molecule has 0 aliphatic carbocycles. The van der Waals surface area contributed by atoms with E-state index < -0.39 is 0 Å². The normalized spacial score (nSPS) is 10.5. The van der Waals surface area contributed by atoms with Crippen LogP contribution in [0.1, 0.15) is 18.2 Å². The standard InChI is InChI=1S/C14H17FN2/c1-3-17-6-4-5-14(17)10-16-13-8-11(2)7-12(15)9-13/h4-9,16H,3,10H2,1-2H3. The third-order valence-electron chi connectivity index (χ3n) is 2.78. The minimum Gasteiger partial charge on any atom is -0.379 e. The van der Waals surface area contributed by atoms with Gasteiger partial charge in [-0.3, -0.25) is 0 Å². The number of aryl methyl sites for hydroxylation is 2. The molecule has 1 aromatic carbocycles. The van der Waals surface area contributed by atoms with E-state index in [1.54, 1.807) is 0 Å². The quantitative estimate of drug-likeness (QED) is 0.852. The van der Waals surface area contributed by atoms with E-state index >= 15 is 0 Å². The van der Waals surface area contributed by atoms with Gasteiger partial charge in [0.15, 0.2) is 0 Å². The average molecular weight is 232 g/mol. The smallest absolute Gasteiger partial charge is 0.125 e. The fourth-order valence-electron chi connectivity index (χ4n) is 1.95. The van der Waals surface area contributed by atoms with Crippen molar-refractivity contribution in [3.63, 3.8) is 0 Å². The van der Waals surface area contributed by atoms with Gasteiger partial charge in [0.25, 0.3) is 0 Å². The number of benzene rings is 1. The molecule has 1 N–H and O–H groups in total. The molecule has 0 saturated carbocycles. The molecule has 90 valence electrons. The Bertz CT molecular complexity index is 482. The number of rotatable bonds is 4. The lowest BCUT2D eigenvalue weighted by Crippen LogP contribution is -2.06. The molecular weight excluding hydrogens is 215 g/mol. The van der Waals surface area contributed by atoms with E-state index in [0.29, 0.717) is 6.54 Å². The Hall–Kier alpha value is -1.77. The fourth-order valence-corrected chi connectivity index (χ4v) is 1.95. The minimum atomic E-state index is -0.196. The van der Waals surface area contributed by atoms with Gasteiger partial charge in [0.2, 0.25) is 0 Å². The molecule has 2 rings (SSSR count). The van der Waals surface area contributed by atoms with Crippen LogP contribution in [-0.2, 0) is 13.1 Å². The van der Waals surface area contributed by atoms with Gasteiger partial charge in [0.1, 0.15) is 5.82 Å². The molecule has 0 amide bonds. The molecule has 1 heterocycles. The van der Waals surface area contributed by atoms with Gasteiger partial charge in [-0.25, -0.2) is 4.39 Å². The summed E-state index contributed by atoms with van der Waals surface area (Å²) in [5, 5.41) is 3.24. The first-order valence-corrected chi connectivity index (χ1v) is 5.84. The predicted molar refractivity (Wildman–Crippen MR) is 68.6 cm³/mol. The van der Waals surface area contributed by atoms with Crippen LogP contribution in [0.15, 0.2) is 36.5 Å². The maximum Gasteiger partial charge on any atom is 0.125 e. The van der Waals surface area contributed by atoms with Crippen LogP contribution in [0.2, 0.25) is 0 Å². The number of nitrogens with one attached hydrogen (secondary N) is 1. The zero-order chi connectivity index (χ0) is 12.3. The Morgan fingerprint density at radius 2 is 2.12 bits per heavy atom. The first kappa shape index (κ1) is 11.7. The lowest BCUT2D eigenvalue weighted by atomic mass is 10.2. The highest BCUT2D eigenvalue weighted by atomic mass is 19.1. The summed E-state index contributed by atoms with van der Waals surface area (Å²) in [7, 11) is 0. The number of hydrogen-bond donors (Lipinski definition) is 1. The molecular formula is C14H17FN2. The Labute approximate surface area is 101 Å². The molecule has 0 saturated heterocycles. The van der Waals surface area contributed by atoms with Gasteiger partial charge >= 0.3 is 0 Å². The highest BCUT2D eigenvalue weighted by molar-refractivity contribution is 5.46. The van der Waals surface area contributed by atoms with E-state index in [9.17, 15) is 4.39 Å². The van der Waals surface area contributed by atoms with Crippen molar-refractivity contribution in [3.05, 3.63) is 53.6 Å². The van der Waals surface area contributed by atoms with Gasteiger partial charge in [-0.1, -0.05) is 0 Å². The summed E-state index contributed by atoms with van der Waals surface area (Å²) in [5.74, 6) is -0.196. The minimum absolute atomic E-state index is 0.196. The van der Waals surface area contributed by atoms with Gasteiger partial charge < -0.3 is 9.88 Å². The monoisotopic (exact) mass is 232 g/mol. The van der Waals surface area contributed by atoms with Crippen LogP contribution in [0.4, 0.5) is 10.1 Å². The summed E-state index contributed by atoms with van der Waals surface area (Å²) in [6, 6.07) is 9.09. The molecule has 2 nitrogen and oxygen atoms in total. The molecule has 0 atom stereocenters. The summed E-state index contributed by atoms with van der Waals surface area (Å²) in [6.07, 6.45) is 2.05. The Kier molecular flexibility index (Phi) is 3.47. The summed E-state index contributed by atoms with van der Waals surface area (Å²) >= 11 is 0. The molecule has 0 radical (unpaired) electrons. The molecule has 17 heavy (non-hydrogen) atoms. The van der Waals surface area contributed by atoms with Crippen molar-refractivity contribution >= 4 is 5.69 Å². The van der Waals surface area contributed by atoms with E-state index in [1.165, 1.54) is 17.8 Å². The third-order valence-corrected chi connectivity index (χ3v) is 2.78. The molecule has 2 aromatic rings. The molecule has 0 bridgehead atoms. The maximum atomic E-state index is 13.2. The first-order valence-electron chi connectivity index (χ1n) is 5.84. The number of nitrogens with zero attached hydrogens (tertiary/aromatic N) is 1. The van der Waals surface area contributed by atoms with Gasteiger partial charge in [0, 0.05) is 24.1 Å². The van der Waals surface area contributed by atoms with E-state index in [-0.39, 0.29) is 5.82 Å². The van der Waals surface area contributed by atoms with Crippen LogP contribution < -0.4 is 5.32 Å². The number of halogens is 1.